The van der Waals surface area contributed by atoms with Gasteiger partial charge in [0.25, 0.3) is 0 Å². The summed E-state index contributed by atoms with van der Waals surface area (Å²) in [5.41, 5.74) is 4.74. The number of rotatable bonds is 2. The van der Waals surface area contributed by atoms with E-state index in [9.17, 15) is 5.11 Å². The number of fused-ring (bicyclic) bond motifs is 1. The first-order valence-corrected chi connectivity index (χ1v) is 6.74. The molecule has 1 unspecified atom stereocenters. The highest BCUT2D eigenvalue weighted by Gasteiger charge is 2.22. The summed E-state index contributed by atoms with van der Waals surface area (Å²) in [5, 5.41) is 12.2. The average molecular weight is 242 g/mol. The minimum absolute atomic E-state index is 0.451. The van der Waals surface area contributed by atoms with Gasteiger partial charge in [-0.1, -0.05) is 31.2 Å². The minimum Gasteiger partial charge on any atom is -0.384 e. The van der Waals surface area contributed by atoms with Crippen molar-refractivity contribution in [3.63, 3.8) is 0 Å². The largest absolute Gasteiger partial charge is 0.384 e. The van der Waals surface area contributed by atoms with Gasteiger partial charge in [0.05, 0.1) is 6.10 Å². The molecule has 17 heavy (non-hydrogen) atoms. The molecule has 0 bridgehead atoms. The second-order valence-electron chi connectivity index (χ2n) is 4.29. The van der Waals surface area contributed by atoms with E-state index >= 15 is 0 Å². The molecule has 0 spiro atoms. The molecule has 86 valence electrons. The zero-order valence-electron chi connectivity index (χ0n) is 9.68. The van der Waals surface area contributed by atoms with Gasteiger partial charge in [0.2, 0.25) is 0 Å². The van der Waals surface area contributed by atoms with E-state index in [1.807, 2.05) is 24.3 Å². The highest BCUT2D eigenvalue weighted by molar-refractivity contribution is 7.11. The van der Waals surface area contributed by atoms with Gasteiger partial charge < -0.3 is 5.11 Å². The molecular weight excluding hydrogens is 228 g/mol. The van der Waals surface area contributed by atoms with E-state index < -0.39 is 6.10 Å². The molecular formula is C15H14OS. The number of thiophene rings is 1. The topological polar surface area (TPSA) is 20.2 Å². The van der Waals surface area contributed by atoms with Gasteiger partial charge in [-0.3, -0.25) is 0 Å². The van der Waals surface area contributed by atoms with Crippen molar-refractivity contribution in [2.24, 2.45) is 0 Å². The Morgan fingerprint density at radius 1 is 1.29 bits per heavy atom. The predicted octanol–water partition coefficient (Wildman–Crippen LogP) is 3.79. The van der Waals surface area contributed by atoms with Crippen LogP contribution in [0.3, 0.4) is 0 Å². The van der Waals surface area contributed by atoms with Gasteiger partial charge in [-0.2, -0.15) is 0 Å². The van der Waals surface area contributed by atoms with Gasteiger partial charge in [0.1, 0.15) is 0 Å². The maximum Gasteiger partial charge on any atom is 0.0987 e. The number of aryl methyl sites for hydroxylation is 1. The molecule has 0 saturated heterocycles. The smallest absolute Gasteiger partial charge is 0.0987 e. The summed E-state index contributed by atoms with van der Waals surface area (Å²) in [4.78, 5) is 1.26. The summed E-state index contributed by atoms with van der Waals surface area (Å²) < 4.78 is 0. The van der Waals surface area contributed by atoms with Gasteiger partial charge in [0.15, 0.2) is 0 Å². The summed E-state index contributed by atoms with van der Waals surface area (Å²) in [6.45, 7) is 2.16. The lowest BCUT2D eigenvalue weighted by atomic mass is 10.0. The summed E-state index contributed by atoms with van der Waals surface area (Å²) >= 11 is 1.76. The van der Waals surface area contributed by atoms with Crippen LogP contribution >= 0.6 is 11.3 Å². The van der Waals surface area contributed by atoms with Crippen LogP contribution in [0.1, 0.15) is 34.6 Å². The maximum absolute atomic E-state index is 10.0. The highest BCUT2D eigenvalue weighted by Crippen LogP contribution is 2.40. The number of hydrogen-bond donors (Lipinski definition) is 1. The van der Waals surface area contributed by atoms with Crippen LogP contribution in [0.5, 0.6) is 0 Å². The van der Waals surface area contributed by atoms with Gasteiger partial charge in [-0.25, -0.2) is 0 Å². The standard InChI is InChI=1S/C15H14OS/c1-2-10-7-15(17-9-10)13-8-14(16)12-6-4-3-5-11(12)13/h3-9,14,16H,2H2,1H3. The second kappa shape index (κ2) is 4.13. The third kappa shape index (κ3) is 1.74. The Bertz CT molecular complexity index is 580. The fraction of sp³-hybridized carbons (Fsp3) is 0.200. The maximum atomic E-state index is 10.0. The van der Waals surface area contributed by atoms with E-state index in [-0.39, 0.29) is 0 Å². The van der Waals surface area contributed by atoms with Crippen molar-refractivity contribution < 1.29 is 5.11 Å². The molecule has 0 amide bonds. The van der Waals surface area contributed by atoms with Crippen LogP contribution in [-0.2, 0) is 6.42 Å². The van der Waals surface area contributed by atoms with Crippen LogP contribution in [0.2, 0.25) is 0 Å². The van der Waals surface area contributed by atoms with Crippen LogP contribution in [-0.4, -0.2) is 5.11 Å². The Kier molecular flexibility index (Phi) is 2.61. The van der Waals surface area contributed by atoms with Crippen molar-refractivity contribution in [1.82, 2.24) is 0 Å². The molecule has 3 rings (SSSR count). The zero-order chi connectivity index (χ0) is 11.8. The van der Waals surface area contributed by atoms with Crippen LogP contribution in [0.25, 0.3) is 5.57 Å². The van der Waals surface area contributed by atoms with Crippen molar-refractivity contribution in [2.45, 2.75) is 19.4 Å². The first-order valence-electron chi connectivity index (χ1n) is 5.86. The first kappa shape index (κ1) is 10.8. The molecule has 1 aromatic heterocycles. The molecule has 1 atom stereocenters. The van der Waals surface area contributed by atoms with Gasteiger partial charge >= 0.3 is 0 Å². The number of aliphatic hydroxyl groups is 1. The lowest BCUT2D eigenvalue weighted by Crippen LogP contribution is -1.89. The van der Waals surface area contributed by atoms with Crippen LogP contribution in [0.4, 0.5) is 0 Å². The molecule has 1 aliphatic rings. The molecule has 0 aliphatic heterocycles. The van der Waals surface area contributed by atoms with Crippen molar-refractivity contribution in [1.29, 1.82) is 0 Å². The lowest BCUT2D eigenvalue weighted by molar-refractivity contribution is 0.232. The molecule has 1 heterocycles. The summed E-state index contributed by atoms with van der Waals surface area (Å²) in [6.07, 6.45) is 2.57. The molecule has 0 saturated carbocycles. The molecule has 1 nitrogen and oxygen atoms in total. The quantitative estimate of drug-likeness (QED) is 0.849. The fourth-order valence-electron chi connectivity index (χ4n) is 2.25. The Morgan fingerprint density at radius 3 is 2.88 bits per heavy atom. The monoisotopic (exact) mass is 242 g/mol. The third-order valence-electron chi connectivity index (χ3n) is 3.22. The van der Waals surface area contributed by atoms with E-state index in [4.69, 9.17) is 0 Å². The minimum atomic E-state index is -0.451. The van der Waals surface area contributed by atoms with Crippen LogP contribution in [0.15, 0.2) is 41.8 Å². The highest BCUT2D eigenvalue weighted by atomic mass is 32.1. The Morgan fingerprint density at radius 2 is 2.12 bits per heavy atom. The summed E-state index contributed by atoms with van der Waals surface area (Å²) in [7, 11) is 0. The molecule has 1 aliphatic carbocycles. The van der Waals surface area contributed by atoms with Gasteiger partial charge in [-0.05, 0) is 46.2 Å². The molecule has 0 radical (unpaired) electrons. The van der Waals surface area contributed by atoms with Crippen molar-refractivity contribution in [3.05, 3.63) is 63.4 Å². The molecule has 2 heteroatoms. The van der Waals surface area contributed by atoms with E-state index in [1.165, 1.54) is 21.6 Å². The lowest BCUT2D eigenvalue weighted by Gasteiger charge is -2.03. The summed E-state index contributed by atoms with van der Waals surface area (Å²) in [6, 6.07) is 10.3. The average Bonchev–Trinajstić information content (AvgIpc) is 2.95. The second-order valence-corrected chi connectivity index (χ2v) is 5.20. The van der Waals surface area contributed by atoms with E-state index in [2.05, 4.69) is 24.4 Å². The van der Waals surface area contributed by atoms with Crippen molar-refractivity contribution in [2.75, 3.05) is 0 Å². The molecule has 1 N–H and O–H groups in total. The van der Waals surface area contributed by atoms with Gasteiger partial charge in [0, 0.05) is 4.88 Å². The van der Waals surface area contributed by atoms with Crippen molar-refractivity contribution in [3.8, 4) is 0 Å². The Labute approximate surface area is 105 Å². The number of benzene rings is 1. The van der Waals surface area contributed by atoms with E-state index in [0.29, 0.717) is 0 Å². The normalized spacial score (nSPS) is 18.0. The Balaban J connectivity index is 2.08. The van der Waals surface area contributed by atoms with Gasteiger partial charge in [-0.15, -0.1) is 11.3 Å². The molecule has 0 fully saturated rings. The predicted molar refractivity (Wildman–Crippen MR) is 72.2 cm³/mol. The van der Waals surface area contributed by atoms with E-state index in [0.717, 1.165) is 12.0 Å². The van der Waals surface area contributed by atoms with Crippen molar-refractivity contribution >= 4 is 16.9 Å². The van der Waals surface area contributed by atoms with E-state index in [1.54, 1.807) is 11.3 Å². The SMILES string of the molecule is CCc1csc(C2=CC(O)c3ccccc32)c1. The number of hydrogen-bond acceptors (Lipinski definition) is 2. The van der Waals surface area contributed by atoms with Crippen LogP contribution in [0, 0.1) is 0 Å². The summed E-state index contributed by atoms with van der Waals surface area (Å²) in [5.74, 6) is 0. The molecule has 2 aromatic rings. The Hall–Kier alpha value is -1.38. The first-order chi connectivity index (χ1) is 8.29. The fourth-order valence-corrected chi connectivity index (χ4v) is 3.29. The zero-order valence-corrected chi connectivity index (χ0v) is 10.5. The third-order valence-corrected chi connectivity index (χ3v) is 4.23. The number of aliphatic hydroxyl groups excluding tert-OH is 1. The molecule has 1 aromatic carbocycles. The van der Waals surface area contributed by atoms with Crippen LogP contribution < -0.4 is 0 Å².